The number of aliphatic hydroxyl groups excluding tert-OH is 8. The van der Waals surface area contributed by atoms with Crippen molar-refractivity contribution in [2.24, 2.45) is 0 Å². The van der Waals surface area contributed by atoms with Gasteiger partial charge in [-0.05, 0) is 0 Å². The van der Waals surface area contributed by atoms with Crippen LogP contribution in [-0.4, -0.2) is 115 Å². The predicted octanol–water partition coefficient (Wildman–Crippen LogP) is -5.40. The van der Waals surface area contributed by atoms with Gasteiger partial charge in [0, 0.05) is 0 Å². The zero-order valence-corrected chi connectivity index (χ0v) is 12.0. The van der Waals surface area contributed by atoms with Gasteiger partial charge >= 0.3 is 0 Å². The van der Waals surface area contributed by atoms with Crippen LogP contribution in [-0.2, 0) is 14.2 Å². The maximum absolute atomic E-state index is 10.00. The number of rotatable bonds is 5. The van der Waals surface area contributed by atoms with Gasteiger partial charge in [-0.2, -0.15) is 0 Å². The Morgan fingerprint density at radius 1 is 0.783 bits per heavy atom. The first-order valence-corrected chi connectivity index (χ1v) is 7.05. The number of ether oxygens (including phenoxy) is 3. The molecule has 0 amide bonds. The van der Waals surface area contributed by atoms with E-state index in [1.807, 2.05) is 0 Å². The smallest absolute Gasteiger partial charge is 0.224 e. The van der Waals surface area contributed by atoms with E-state index < -0.39 is 74.6 Å². The highest BCUT2D eigenvalue weighted by molar-refractivity contribution is 4.98. The summed E-state index contributed by atoms with van der Waals surface area (Å²) in [6, 6.07) is 0. The second-order valence-electron chi connectivity index (χ2n) is 5.56. The molecule has 11 heteroatoms. The lowest BCUT2D eigenvalue weighted by atomic mass is 9.99. The molecule has 23 heavy (non-hydrogen) atoms. The standard InChI is InChI=1S/C12H22O11/c13-1-4-6(16)8(18)9(19)11(21-4)23-12(3-15)10(20)7(17)5(2-14)22-12/h4-11,13-20H,1-3H2/t4-,5+,6-,7+,8+,9+,10+,11+,12-/m0/s1. The first kappa shape index (κ1) is 18.9. The molecule has 2 heterocycles. The van der Waals surface area contributed by atoms with Crippen LogP contribution in [0.1, 0.15) is 0 Å². The van der Waals surface area contributed by atoms with Crippen molar-refractivity contribution < 1.29 is 55.1 Å². The van der Waals surface area contributed by atoms with Crippen LogP contribution >= 0.6 is 0 Å². The van der Waals surface area contributed by atoms with E-state index in [4.69, 9.17) is 24.4 Å². The second kappa shape index (κ2) is 7.21. The van der Waals surface area contributed by atoms with Gasteiger partial charge in [0.25, 0.3) is 0 Å². The second-order valence-corrected chi connectivity index (χ2v) is 5.56. The maximum Gasteiger partial charge on any atom is 0.224 e. The van der Waals surface area contributed by atoms with Gasteiger partial charge in [0.15, 0.2) is 6.29 Å². The molecule has 2 saturated heterocycles. The molecule has 11 nitrogen and oxygen atoms in total. The van der Waals surface area contributed by atoms with Crippen LogP contribution in [0, 0.1) is 0 Å². The highest BCUT2D eigenvalue weighted by atomic mass is 16.8. The lowest BCUT2D eigenvalue weighted by molar-refractivity contribution is -0.383. The van der Waals surface area contributed by atoms with Gasteiger partial charge in [0.2, 0.25) is 5.79 Å². The molecule has 0 aromatic rings. The average molecular weight is 342 g/mol. The van der Waals surface area contributed by atoms with Crippen molar-refractivity contribution in [3.8, 4) is 0 Å². The molecule has 0 aromatic heterocycles. The summed E-state index contributed by atoms with van der Waals surface area (Å²) >= 11 is 0. The van der Waals surface area contributed by atoms with Gasteiger partial charge in [-0.1, -0.05) is 0 Å². The van der Waals surface area contributed by atoms with E-state index >= 15 is 0 Å². The molecule has 0 spiro atoms. The molecule has 8 N–H and O–H groups in total. The molecular formula is C12H22O11. The summed E-state index contributed by atoms with van der Waals surface area (Å²) in [6.07, 6.45) is -12.7. The van der Waals surface area contributed by atoms with Crippen molar-refractivity contribution in [2.75, 3.05) is 19.8 Å². The van der Waals surface area contributed by atoms with E-state index in [1.54, 1.807) is 0 Å². The van der Waals surface area contributed by atoms with Gasteiger partial charge in [-0.15, -0.1) is 0 Å². The minimum atomic E-state index is -2.22. The fourth-order valence-electron chi connectivity index (χ4n) is 2.63. The Hall–Kier alpha value is -0.440. The zero-order valence-electron chi connectivity index (χ0n) is 12.0. The average Bonchev–Trinajstić information content (AvgIpc) is 2.80. The number of aliphatic hydroxyl groups is 8. The Morgan fingerprint density at radius 2 is 1.39 bits per heavy atom. The van der Waals surface area contributed by atoms with Crippen molar-refractivity contribution in [1.82, 2.24) is 0 Å². The normalized spacial score (nSPS) is 51.1. The van der Waals surface area contributed by atoms with Crippen LogP contribution in [0.4, 0.5) is 0 Å². The highest BCUT2D eigenvalue weighted by Gasteiger charge is 2.58. The Kier molecular flexibility index (Phi) is 5.92. The van der Waals surface area contributed by atoms with Crippen LogP contribution in [0.25, 0.3) is 0 Å². The fourth-order valence-corrected chi connectivity index (χ4v) is 2.63. The maximum atomic E-state index is 10.00. The van der Waals surface area contributed by atoms with E-state index in [-0.39, 0.29) is 0 Å². The number of hydrogen-bond acceptors (Lipinski definition) is 11. The molecule has 136 valence electrons. The lowest BCUT2D eigenvalue weighted by Gasteiger charge is -2.43. The summed E-state index contributed by atoms with van der Waals surface area (Å²) in [5.74, 6) is -2.22. The van der Waals surface area contributed by atoms with Crippen molar-refractivity contribution in [2.45, 2.75) is 54.8 Å². The topological polar surface area (TPSA) is 190 Å². The van der Waals surface area contributed by atoms with Gasteiger partial charge in [-0.25, -0.2) is 0 Å². The molecule has 0 bridgehead atoms. The molecule has 0 aliphatic carbocycles. The predicted molar refractivity (Wildman–Crippen MR) is 68.6 cm³/mol. The van der Waals surface area contributed by atoms with E-state index in [9.17, 15) is 30.6 Å². The van der Waals surface area contributed by atoms with Crippen molar-refractivity contribution >= 4 is 0 Å². The molecule has 0 aromatic carbocycles. The van der Waals surface area contributed by atoms with E-state index in [0.717, 1.165) is 0 Å². The Morgan fingerprint density at radius 3 is 1.87 bits per heavy atom. The first-order chi connectivity index (χ1) is 10.8. The summed E-state index contributed by atoms with van der Waals surface area (Å²) in [7, 11) is 0. The number of hydrogen-bond donors (Lipinski definition) is 8. The Bertz CT molecular complexity index is 393. The van der Waals surface area contributed by atoms with Crippen LogP contribution in [0.15, 0.2) is 0 Å². The summed E-state index contributed by atoms with van der Waals surface area (Å²) in [4.78, 5) is 0. The quantitative estimate of drug-likeness (QED) is 0.238. The van der Waals surface area contributed by atoms with Crippen LogP contribution in [0.2, 0.25) is 0 Å². The summed E-state index contributed by atoms with van der Waals surface area (Å²) in [5.41, 5.74) is 0. The van der Waals surface area contributed by atoms with Crippen LogP contribution in [0.3, 0.4) is 0 Å². The Balaban J connectivity index is 2.18. The van der Waals surface area contributed by atoms with Gasteiger partial charge in [0.1, 0.15) is 49.3 Å². The van der Waals surface area contributed by atoms with Gasteiger partial charge in [-0.3, -0.25) is 0 Å². The van der Waals surface area contributed by atoms with Crippen LogP contribution < -0.4 is 0 Å². The summed E-state index contributed by atoms with van der Waals surface area (Å²) in [5, 5.41) is 76.7. The molecule has 0 saturated carbocycles. The molecule has 9 atom stereocenters. The monoisotopic (exact) mass is 342 g/mol. The molecule has 2 aliphatic rings. The van der Waals surface area contributed by atoms with Crippen molar-refractivity contribution in [3.05, 3.63) is 0 Å². The minimum absolute atomic E-state index is 0.669. The van der Waals surface area contributed by atoms with Crippen LogP contribution in [0.5, 0.6) is 0 Å². The lowest BCUT2D eigenvalue weighted by Crippen LogP contribution is -2.62. The van der Waals surface area contributed by atoms with Gasteiger partial charge in [0.05, 0.1) is 13.2 Å². The fraction of sp³-hybridized carbons (Fsp3) is 1.00. The third-order valence-corrected chi connectivity index (χ3v) is 4.07. The van der Waals surface area contributed by atoms with E-state index in [2.05, 4.69) is 0 Å². The largest absolute Gasteiger partial charge is 0.394 e. The minimum Gasteiger partial charge on any atom is -0.394 e. The van der Waals surface area contributed by atoms with E-state index in [0.29, 0.717) is 0 Å². The summed E-state index contributed by atoms with van der Waals surface area (Å²) in [6.45, 7) is -2.32. The molecule has 2 aliphatic heterocycles. The molecule has 2 fully saturated rings. The summed E-state index contributed by atoms with van der Waals surface area (Å²) < 4.78 is 15.4. The third kappa shape index (κ3) is 3.23. The Labute approximate surface area is 130 Å². The molecular weight excluding hydrogens is 320 g/mol. The molecule has 2 rings (SSSR count). The highest BCUT2D eigenvalue weighted by Crippen LogP contribution is 2.35. The van der Waals surface area contributed by atoms with Gasteiger partial charge < -0.3 is 55.1 Å². The van der Waals surface area contributed by atoms with Crippen molar-refractivity contribution in [3.63, 3.8) is 0 Å². The molecule has 0 radical (unpaired) electrons. The van der Waals surface area contributed by atoms with E-state index in [1.165, 1.54) is 0 Å². The first-order valence-electron chi connectivity index (χ1n) is 7.05. The third-order valence-electron chi connectivity index (χ3n) is 4.07. The molecule has 0 unspecified atom stereocenters. The zero-order chi connectivity index (χ0) is 17.4. The SMILES string of the molecule is OC[C@@H]1O[C@H](O[C@]2(CO)O[C@H](CO)[C@@H](O)[C@H]2O)[C@H](O)[C@H](O)[C@H]1O. The van der Waals surface area contributed by atoms with Crippen molar-refractivity contribution in [1.29, 1.82) is 0 Å².